The van der Waals surface area contributed by atoms with Crippen molar-refractivity contribution < 1.29 is 19.1 Å². The van der Waals surface area contributed by atoms with Crippen LogP contribution in [0.15, 0.2) is 36.4 Å². The molecular formula is C29H39N3O4. The van der Waals surface area contributed by atoms with Crippen LogP contribution in [0.2, 0.25) is 0 Å². The minimum absolute atomic E-state index is 0.0374. The molecule has 2 aliphatic rings. The lowest BCUT2D eigenvalue weighted by molar-refractivity contribution is -0.138. The summed E-state index contributed by atoms with van der Waals surface area (Å²) in [6, 6.07) is 7.36. The van der Waals surface area contributed by atoms with Crippen molar-refractivity contribution in [2.24, 2.45) is 17.6 Å². The Morgan fingerprint density at radius 2 is 2.03 bits per heavy atom. The number of ether oxygens (including phenoxy) is 2. The third kappa shape index (κ3) is 6.00. The maximum absolute atomic E-state index is 13.2. The quantitative estimate of drug-likeness (QED) is 0.480. The first kappa shape index (κ1) is 26.0. The topological polar surface area (TPSA) is 94.8 Å². The summed E-state index contributed by atoms with van der Waals surface area (Å²) < 4.78 is 12.2. The van der Waals surface area contributed by atoms with E-state index in [2.05, 4.69) is 37.0 Å². The molecule has 4 atom stereocenters. The first-order valence-corrected chi connectivity index (χ1v) is 13.3. The predicted molar refractivity (Wildman–Crippen MR) is 141 cm³/mol. The van der Waals surface area contributed by atoms with E-state index in [-0.39, 0.29) is 17.9 Å². The first-order valence-electron chi connectivity index (χ1n) is 13.3. The van der Waals surface area contributed by atoms with Gasteiger partial charge in [0.15, 0.2) is 0 Å². The van der Waals surface area contributed by atoms with E-state index >= 15 is 0 Å². The van der Waals surface area contributed by atoms with E-state index < -0.39 is 11.9 Å². The number of aryl methyl sites for hydroxylation is 1. The van der Waals surface area contributed by atoms with Crippen molar-refractivity contribution in [3.8, 4) is 11.8 Å². The average Bonchev–Trinajstić information content (AvgIpc) is 3.29. The minimum Gasteiger partial charge on any atom is -0.477 e. The largest absolute Gasteiger partial charge is 0.477 e. The monoisotopic (exact) mass is 493 g/mol. The molecule has 7 heteroatoms. The number of amides is 2. The summed E-state index contributed by atoms with van der Waals surface area (Å²) in [5.41, 5.74) is 6.82. The zero-order valence-electron chi connectivity index (χ0n) is 21.7. The van der Waals surface area contributed by atoms with Crippen molar-refractivity contribution in [3.05, 3.63) is 42.0 Å². The summed E-state index contributed by atoms with van der Waals surface area (Å²) in [6.45, 7) is 7.34. The highest BCUT2D eigenvalue weighted by molar-refractivity contribution is 5.91. The molecule has 7 nitrogen and oxygen atoms in total. The molecule has 0 bridgehead atoms. The van der Waals surface area contributed by atoms with Gasteiger partial charge in [-0.1, -0.05) is 44.2 Å². The van der Waals surface area contributed by atoms with E-state index in [1.807, 2.05) is 25.1 Å². The van der Waals surface area contributed by atoms with Gasteiger partial charge in [-0.05, 0) is 62.3 Å². The van der Waals surface area contributed by atoms with Crippen molar-refractivity contribution in [1.82, 2.24) is 9.88 Å². The number of benzene rings is 1. The molecule has 0 spiro atoms. The molecule has 0 saturated carbocycles. The third-order valence-corrected chi connectivity index (χ3v) is 7.33. The van der Waals surface area contributed by atoms with E-state index in [0.29, 0.717) is 43.7 Å². The van der Waals surface area contributed by atoms with Crippen molar-refractivity contribution in [1.29, 1.82) is 0 Å². The SMILES string of the molecule is C/C=C\CC[C@@H](C)C[C@@H](C)CC(=O)N1C[C@H](Oc2nc3c(c4ccccc24)CCCO3)C[C@H]1C(N)=O. The number of nitrogens with zero attached hydrogens (tertiary/aromatic N) is 2. The molecule has 0 aliphatic carbocycles. The van der Waals surface area contributed by atoms with Crippen LogP contribution in [0.1, 0.15) is 64.9 Å². The fourth-order valence-corrected chi connectivity index (χ4v) is 5.57. The zero-order chi connectivity index (χ0) is 25.7. The lowest BCUT2D eigenvalue weighted by Gasteiger charge is -2.24. The van der Waals surface area contributed by atoms with Crippen molar-refractivity contribution >= 4 is 22.6 Å². The third-order valence-electron chi connectivity index (χ3n) is 7.33. The number of carbonyl (C=O) groups excluding carboxylic acids is 2. The number of likely N-dealkylation sites (tertiary alicyclic amines) is 1. The Bertz CT molecular complexity index is 1120. The van der Waals surface area contributed by atoms with Gasteiger partial charge < -0.3 is 20.1 Å². The number of pyridine rings is 1. The number of hydrogen-bond donors (Lipinski definition) is 1. The molecule has 2 aromatic rings. The van der Waals surface area contributed by atoms with Crippen LogP contribution in [0.5, 0.6) is 11.8 Å². The molecule has 2 amide bonds. The predicted octanol–water partition coefficient (Wildman–Crippen LogP) is 4.80. The fraction of sp³-hybridized carbons (Fsp3) is 0.552. The second-order valence-corrected chi connectivity index (χ2v) is 10.4. The van der Waals surface area contributed by atoms with Gasteiger partial charge in [0.1, 0.15) is 12.1 Å². The standard InChI is InChI=1S/C29H39N3O4/c1-4-5-6-10-19(2)15-20(3)16-26(33)32-18-21(17-25(32)27(30)34)36-29-24-12-8-7-11-22(24)23-13-9-14-35-28(23)31-29/h4-5,7-8,11-12,19-21,25H,6,9-10,13-18H2,1-3H3,(H2,30,34)/b5-4-/t19-,20-,21-,25+/m1/s1. The van der Waals surface area contributed by atoms with Gasteiger partial charge in [0.05, 0.1) is 13.2 Å². The fourth-order valence-electron chi connectivity index (χ4n) is 5.57. The zero-order valence-corrected chi connectivity index (χ0v) is 21.7. The molecule has 4 rings (SSSR count). The van der Waals surface area contributed by atoms with Crippen LogP contribution in [0.25, 0.3) is 10.8 Å². The summed E-state index contributed by atoms with van der Waals surface area (Å²) in [7, 11) is 0. The lowest BCUT2D eigenvalue weighted by Crippen LogP contribution is -2.44. The first-order chi connectivity index (χ1) is 17.4. The van der Waals surface area contributed by atoms with Crippen LogP contribution in [-0.4, -0.2) is 47.0 Å². The van der Waals surface area contributed by atoms with Gasteiger partial charge >= 0.3 is 0 Å². The molecule has 2 N–H and O–H groups in total. The molecule has 0 radical (unpaired) electrons. The van der Waals surface area contributed by atoms with Crippen LogP contribution < -0.4 is 15.2 Å². The Kier molecular flexibility index (Phi) is 8.49. The average molecular weight is 494 g/mol. The Balaban J connectivity index is 1.44. The van der Waals surface area contributed by atoms with Gasteiger partial charge in [-0.2, -0.15) is 4.98 Å². The number of hydrogen-bond acceptors (Lipinski definition) is 5. The number of carbonyl (C=O) groups is 2. The number of primary amides is 1. The smallest absolute Gasteiger partial charge is 0.240 e. The number of allylic oxidation sites excluding steroid dienone is 2. The molecule has 1 aromatic heterocycles. The van der Waals surface area contributed by atoms with Gasteiger partial charge in [0.25, 0.3) is 0 Å². The normalized spacial score (nSPS) is 21.2. The van der Waals surface area contributed by atoms with Crippen molar-refractivity contribution in [3.63, 3.8) is 0 Å². The number of rotatable bonds is 10. The Morgan fingerprint density at radius 3 is 2.78 bits per heavy atom. The molecule has 3 heterocycles. The number of aromatic nitrogens is 1. The molecule has 36 heavy (non-hydrogen) atoms. The Labute approximate surface area is 214 Å². The van der Waals surface area contributed by atoms with Crippen molar-refractivity contribution in [2.45, 2.75) is 77.9 Å². The molecule has 1 aromatic carbocycles. The second-order valence-electron chi connectivity index (χ2n) is 10.4. The maximum Gasteiger partial charge on any atom is 0.240 e. The summed E-state index contributed by atoms with van der Waals surface area (Å²) in [6.07, 6.45) is 9.69. The second kappa shape index (κ2) is 11.8. The number of nitrogens with two attached hydrogens (primary N) is 1. The summed E-state index contributed by atoms with van der Waals surface area (Å²) in [5, 5.41) is 2.00. The highest BCUT2D eigenvalue weighted by Crippen LogP contribution is 2.37. The van der Waals surface area contributed by atoms with Crippen LogP contribution in [0, 0.1) is 11.8 Å². The maximum atomic E-state index is 13.2. The molecule has 1 fully saturated rings. The summed E-state index contributed by atoms with van der Waals surface area (Å²) >= 11 is 0. The molecule has 194 valence electrons. The van der Waals surface area contributed by atoms with Crippen molar-refractivity contribution in [2.75, 3.05) is 13.2 Å². The highest BCUT2D eigenvalue weighted by atomic mass is 16.5. The van der Waals surface area contributed by atoms with E-state index in [4.69, 9.17) is 15.2 Å². The van der Waals surface area contributed by atoms with E-state index in [0.717, 1.165) is 48.4 Å². The summed E-state index contributed by atoms with van der Waals surface area (Å²) in [4.78, 5) is 31.8. The van der Waals surface area contributed by atoms with Gasteiger partial charge in [0, 0.05) is 23.8 Å². The van der Waals surface area contributed by atoms with E-state index in [1.165, 1.54) is 0 Å². The van der Waals surface area contributed by atoms with Crippen LogP contribution in [-0.2, 0) is 16.0 Å². The minimum atomic E-state index is -0.665. The highest BCUT2D eigenvalue weighted by Gasteiger charge is 2.40. The molecule has 1 saturated heterocycles. The van der Waals surface area contributed by atoms with Crippen LogP contribution >= 0.6 is 0 Å². The summed E-state index contributed by atoms with van der Waals surface area (Å²) in [5.74, 6) is 1.34. The van der Waals surface area contributed by atoms with Gasteiger partial charge in [-0.3, -0.25) is 9.59 Å². The van der Waals surface area contributed by atoms with Gasteiger partial charge in [-0.25, -0.2) is 0 Å². The Hall–Kier alpha value is -3.09. The molecule has 2 aliphatic heterocycles. The van der Waals surface area contributed by atoms with E-state index in [1.54, 1.807) is 4.90 Å². The van der Waals surface area contributed by atoms with Crippen LogP contribution in [0.3, 0.4) is 0 Å². The Morgan fingerprint density at radius 1 is 1.25 bits per heavy atom. The lowest BCUT2D eigenvalue weighted by atomic mass is 9.91. The number of fused-ring (bicyclic) bond motifs is 3. The van der Waals surface area contributed by atoms with Crippen LogP contribution in [0.4, 0.5) is 0 Å². The van der Waals surface area contributed by atoms with E-state index in [9.17, 15) is 9.59 Å². The van der Waals surface area contributed by atoms with Gasteiger partial charge in [0.2, 0.25) is 23.6 Å². The molecule has 0 unspecified atom stereocenters. The molecular weight excluding hydrogens is 454 g/mol. The van der Waals surface area contributed by atoms with Gasteiger partial charge in [-0.15, -0.1) is 0 Å².